The largest absolute Gasteiger partial charge is 0.396 e. The Labute approximate surface area is 107 Å². The molecule has 17 heavy (non-hydrogen) atoms. The predicted octanol–water partition coefficient (Wildman–Crippen LogP) is 2.30. The number of rotatable bonds is 5. The molecule has 0 aliphatic carbocycles. The van der Waals surface area contributed by atoms with Crippen molar-refractivity contribution >= 4 is 11.3 Å². The zero-order valence-electron chi connectivity index (χ0n) is 10.6. The lowest BCUT2D eigenvalue weighted by Gasteiger charge is -2.31. The van der Waals surface area contributed by atoms with Gasteiger partial charge in [-0.1, -0.05) is 6.92 Å². The molecule has 1 aromatic rings. The molecular weight excluding hydrogens is 232 g/mol. The van der Waals surface area contributed by atoms with Crippen molar-refractivity contribution in [2.24, 2.45) is 5.92 Å². The van der Waals surface area contributed by atoms with Crippen LogP contribution in [0.1, 0.15) is 36.9 Å². The van der Waals surface area contributed by atoms with Gasteiger partial charge in [0.2, 0.25) is 0 Å². The first-order valence-electron chi connectivity index (χ1n) is 6.58. The Bertz CT molecular complexity index is 338. The molecule has 3 nitrogen and oxygen atoms in total. The first-order valence-corrected chi connectivity index (χ1v) is 7.46. The molecule has 4 heteroatoms. The second kappa shape index (κ2) is 6.47. The molecular formula is C13H22N2OS. The number of aryl methyl sites for hydroxylation is 1. The molecule has 1 aliphatic heterocycles. The number of aromatic nitrogens is 1. The molecule has 1 unspecified atom stereocenters. The van der Waals surface area contributed by atoms with E-state index in [1.807, 2.05) is 0 Å². The summed E-state index contributed by atoms with van der Waals surface area (Å²) in [4.78, 5) is 7.11. The van der Waals surface area contributed by atoms with E-state index in [4.69, 9.17) is 5.11 Å². The maximum atomic E-state index is 9.00. The van der Waals surface area contributed by atoms with Crippen LogP contribution in [0.25, 0.3) is 0 Å². The zero-order chi connectivity index (χ0) is 12.1. The summed E-state index contributed by atoms with van der Waals surface area (Å²) in [5, 5.41) is 12.4. The molecule has 96 valence electrons. The van der Waals surface area contributed by atoms with Crippen LogP contribution in [0, 0.1) is 5.92 Å². The molecule has 0 radical (unpaired) electrons. The van der Waals surface area contributed by atoms with Gasteiger partial charge < -0.3 is 5.11 Å². The van der Waals surface area contributed by atoms with Crippen LogP contribution in [-0.2, 0) is 13.0 Å². The van der Waals surface area contributed by atoms with Crippen LogP contribution in [0.4, 0.5) is 0 Å². The average molecular weight is 254 g/mol. The lowest BCUT2D eigenvalue weighted by Crippen LogP contribution is -2.35. The molecule has 1 N–H and O–H groups in total. The number of thiazole rings is 1. The van der Waals surface area contributed by atoms with Gasteiger partial charge in [-0.25, -0.2) is 4.98 Å². The highest BCUT2D eigenvalue weighted by Gasteiger charge is 2.19. The van der Waals surface area contributed by atoms with Gasteiger partial charge in [0.25, 0.3) is 0 Å². The smallest absolute Gasteiger partial charge is 0.0926 e. The van der Waals surface area contributed by atoms with Crippen LogP contribution in [0.15, 0.2) is 5.38 Å². The summed E-state index contributed by atoms with van der Waals surface area (Å²) < 4.78 is 0. The maximum absolute atomic E-state index is 9.00. The lowest BCUT2D eigenvalue weighted by atomic mass is 9.95. The Morgan fingerprint density at radius 2 is 2.47 bits per heavy atom. The first kappa shape index (κ1) is 13.0. The van der Waals surface area contributed by atoms with E-state index in [1.165, 1.54) is 30.1 Å². The predicted molar refractivity (Wildman–Crippen MR) is 71.2 cm³/mol. The molecule has 1 saturated heterocycles. The van der Waals surface area contributed by atoms with Crippen molar-refractivity contribution in [1.29, 1.82) is 0 Å². The first-order chi connectivity index (χ1) is 8.31. The highest BCUT2D eigenvalue weighted by Crippen LogP contribution is 2.21. The number of aliphatic hydroxyl groups is 1. The van der Waals surface area contributed by atoms with Crippen LogP contribution in [0.3, 0.4) is 0 Å². The lowest BCUT2D eigenvalue weighted by molar-refractivity contribution is 0.141. The van der Waals surface area contributed by atoms with E-state index in [1.54, 1.807) is 11.3 Å². The maximum Gasteiger partial charge on any atom is 0.0926 e. The molecule has 2 rings (SSSR count). The fraction of sp³-hybridized carbons (Fsp3) is 0.769. The van der Waals surface area contributed by atoms with Gasteiger partial charge in [-0.05, 0) is 38.1 Å². The Hall–Kier alpha value is -0.450. The highest BCUT2D eigenvalue weighted by molar-refractivity contribution is 7.09. The summed E-state index contributed by atoms with van der Waals surface area (Å²) in [6.07, 6.45) is 4.52. The standard InChI is InChI=1S/C13H22N2OS/c1-2-13-14-12(10-17-13)9-15-6-3-4-11(8-15)5-7-16/h10-11,16H,2-9H2,1H3. The third-order valence-corrected chi connectivity index (χ3v) is 4.47. The van der Waals surface area contributed by atoms with Crippen molar-refractivity contribution in [2.45, 2.75) is 39.2 Å². The van der Waals surface area contributed by atoms with Gasteiger partial charge >= 0.3 is 0 Å². The van der Waals surface area contributed by atoms with Crippen molar-refractivity contribution in [3.63, 3.8) is 0 Å². The molecule has 0 saturated carbocycles. The third kappa shape index (κ3) is 3.76. The average Bonchev–Trinajstić information content (AvgIpc) is 2.78. The number of likely N-dealkylation sites (tertiary alicyclic amines) is 1. The molecule has 2 heterocycles. The quantitative estimate of drug-likeness (QED) is 0.876. The Morgan fingerprint density at radius 1 is 1.59 bits per heavy atom. The number of nitrogens with zero attached hydrogens (tertiary/aromatic N) is 2. The van der Waals surface area contributed by atoms with Gasteiger partial charge in [-0.2, -0.15) is 0 Å². The van der Waals surface area contributed by atoms with Crippen molar-refractivity contribution < 1.29 is 5.11 Å². The minimum absolute atomic E-state index is 0.329. The van der Waals surface area contributed by atoms with E-state index >= 15 is 0 Å². The van der Waals surface area contributed by atoms with Crippen molar-refractivity contribution in [1.82, 2.24) is 9.88 Å². The summed E-state index contributed by atoms with van der Waals surface area (Å²) in [5.41, 5.74) is 1.22. The van der Waals surface area contributed by atoms with E-state index in [-0.39, 0.29) is 0 Å². The van der Waals surface area contributed by atoms with Crippen LogP contribution >= 0.6 is 11.3 Å². The van der Waals surface area contributed by atoms with E-state index in [2.05, 4.69) is 22.2 Å². The molecule has 1 atom stereocenters. The Balaban J connectivity index is 1.85. The van der Waals surface area contributed by atoms with Crippen LogP contribution in [0.5, 0.6) is 0 Å². The summed E-state index contributed by atoms with van der Waals surface area (Å²) in [7, 11) is 0. The van der Waals surface area contributed by atoms with E-state index in [0.29, 0.717) is 12.5 Å². The minimum atomic E-state index is 0.329. The molecule has 1 fully saturated rings. The second-order valence-electron chi connectivity index (χ2n) is 4.84. The van der Waals surface area contributed by atoms with Crippen LogP contribution in [0.2, 0.25) is 0 Å². The summed E-state index contributed by atoms with van der Waals surface area (Å²) in [6, 6.07) is 0. The fourth-order valence-electron chi connectivity index (χ4n) is 2.53. The zero-order valence-corrected chi connectivity index (χ0v) is 11.4. The van der Waals surface area contributed by atoms with Gasteiger partial charge in [0, 0.05) is 25.1 Å². The van der Waals surface area contributed by atoms with E-state index in [0.717, 1.165) is 25.9 Å². The monoisotopic (exact) mass is 254 g/mol. The molecule has 0 amide bonds. The normalized spacial score (nSPS) is 21.9. The molecule has 0 aromatic carbocycles. The second-order valence-corrected chi connectivity index (χ2v) is 5.78. The highest BCUT2D eigenvalue weighted by atomic mass is 32.1. The number of aliphatic hydroxyl groups excluding tert-OH is 1. The van der Waals surface area contributed by atoms with Crippen molar-refractivity contribution in [3.05, 3.63) is 16.1 Å². The summed E-state index contributed by atoms with van der Waals surface area (Å²) in [5.74, 6) is 0.679. The number of hydrogen-bond acceptors (Lipinski definition) is 4. The van der Waals surface area contributed by atoms with Gasteiger partial charge in [-0.3, -0.25) is 4.90 Å². The number of hydrogen-bond donors (Lipinski definition) is 1. The van der Waals surface area contributed by atoms with Crippen molar-refractivity contribution in [2.75, 3.05) is 19.7 Å². The van der Waals surface area contributed by atoms with E-state index < -0.39 is 0 Å². The topological polar surface area (TPSA) is 36.4 Å². The Morgan fingerprint density at radius 3 is 3.18 bits per heavy atom. The fourth-order valence-corrected chi connectivity index (χ4v) is 3.26. The van der Waals surface area contributed by atoms with Crippen molar-refractivity contribution in [3.8, 4) is 0 Å². The van der Waals surface area contributed by atoms with Gasteiger partial charge in [0.15, 0.2) is 0 Å². The Kier molecular flexibility index (Phi) is 4.95. The SMILES string of the molecule is CCc1nc(CN2CCCC(CCO)C2)cs1. The van der Waals surface area contributed by atoms with Gasteiger partial charge in [0.05, 0.1) is 10.7 Å². The van der Waals surface area contributed by atoms with Gasteiger partial charge in [-0.15, -0.1) is 11.3 Å². The molecule has 1 aliphatic rings. The summed E-state index contributed by atoms with van der Waals surface area (Å²) >= 11 is 1.77. The van der Waals surface area contributed by atoms with E-state index in [9.17, 15) is 0 Å². The summed E-state index contributed by atoms with van der Waals surface area (Å²) in [6.45, 7) is 5.77. The van der Waals surface area contributed by atoms with Crippen LogP contribution < -0.4 is 0 Å². The van der Waals surface area contributed by atoms with Gasteiger partial charge in [0.1, 0.15) is 0 Å². The van der Waals surface area contributed by atoms with Crippen LogP contribution in [-0.4, -0.2) is 34.7 Å². The third-order valence-electron chi connectivity index (χ3n) is 3.43. The molecule has 0 spiro atoms. The minimum Gasteiger partial charge on any atom is -0.396 e. The molecule has 1 aromatic heterocycles. The number of piperidine rings is 1. The molecule has 0 bridgehead atoms.